The SMILES string of the molecule is COc1cccc2cc(C(=O)C3=C(O)C(=O)N(CCc4ccc(Cl)cc4)C3c3ccco3)oc12. The second-order valence-corrected chi connectivity index (χ2v) is 8.31. The van der Waals surface area contributed by atoms with E-state index < -0.39 is 23.5 Å². The van der Waals surface area contributed by atoms with Crippen LogP contribution in [0.5, 0.6) is 5.75 Å². The number of hydrogen-bond donors (Lipinski definition) is 1. The quantitative estimate of drug-likeness (QED) is 0.353. The topological polar surface area (TPSA) is 93.1 Å². The fourth-order valence-electron chi connectivity index (χ4n) is 4.20. The number of ether oxygens (including phenoxy) is 1. The van der Waals surface area contributed by atoms with Crippen LogP contribution in [0, 0.1) is 0 Å². The molecule has 2 aromatic carbocycles. The van der Waals surface area contributed by atoms with Crippen molar-refractivity contribution in [1.82, 2.24) is 4.90 Å². The Morgan fingerprint density at radius 3 is 2.65 bits per heavy atom. The van der Waals surface area contributed by atoms with Gasteiger partial charge in [0.05, 0.1) is 18.9 Å². The summed E-state index contributed by atoms with van der Waals surface area (Å²) in [5.41, 5.74) is 1.28. The van der Waals surface area contributed by atoms with Crippen molar-refractivity contribution in [2.24, 2.45) is 0 Å². The highest BCUT2D eigenvalue weighted by Gasteiger charge is 2.45. The number of amides is 1. The van der Waals surface area contributed by atoms with Gasteiger partial charge in [0.2, 0.25) is 5.78 Å². The minimum absolute atomic E-state index is 0.00930. The van der Waals surface area contributed by atoms with E-state index in [4.69, 9.17) is 25.2 Å². The lowest BCUT2D eigenvalue weighted by atomic mass is 9.99. The molecule has 1 aliphatic rings. The van der Waals surface area contributed by atoms with Gasteiger partial charge in [-0.25, -0.2) is 0 Å². The van der Waals surface area contributed by atoms with Gasteiger partial charge in [-0.3, -0.25) is 9.59 Å². The molecule has 1 unspecified atom stereocenters. The third kappa shape index (κ3) is 3.74. The van der Waals surface area contributed by atoms with Gasteiger partial charge in [0.15, 0.2) is 22.9 Å². The number of halogens is 1. The molecular formula is C26H20ClNO6. The molecule has 0 saturated heterocycles. The number of para-hydroxylation sites is 1. The van der Waals surface area contributed by atoms with Crippen LogP contribution in [0.25, 0.3) is 11.0 Å². The Morgan fingerprint density at radius 1 is 1.15 bits per heavy atom. The van der Waals surface area contributed by atoms with Crippen molar-refractivity contribution in [3.63, 3.8) is 0 Å². The maximum Gasteiger partial charge on any atom is 0.290 e. The highest BCUT2D eigenvalue weighted by molar-refractivity contribution is 6.30. The molecule has 1 atom stereocenters. The summed E-state index contributed by atoms with van der Waals surface area (Å²) in [5.74, 6) is -1.03. The van der Waals surface area contributed by atoms with Crippen molar-refractivity contribution in [1.29, 1.82) is 0 Å². The van der Waals surface area contributed by atoms with Crippen LogP contribution < -0.4 is 4.74 Å². The first-order chi connectivity index (χ1) is 16.5. The number of nitrogens with zero attached hydrogens (tertiary/aromatic N) is 1. The summed E-state index contributed by atoms with van der Waals surface area (Å²) in [7, 11) is 1.51. The van der Waals surface area contributed by atoms with Crippen molar-refractivity contribution >= 4 is 34.3 Å². The van der Waals surface area contributed by atoms with Crippen molar-refractivity contribution in [3.05, 3.63) is 100 Å². The summed E-state index contributed by atoms with van der Waals surface area (Å²) < 4.78 is 16.7. The molecule has 4 aromatic rings. The summed E-state index contributed by atoms with van der Waals surface area (Å²) in [6.45, 7) is 0.251. The van der Waals surface area contributed by atoms with Crippen molar-refractivity contribution in [2.75, 3.05) is 13.7 Å². The van der Waals surface area contributed by atoms with E-state index in [1.54, 1.807) is 48.5 Å². The Bertz CT molecular complexity index is 1400. The minimum Gasteiger partial charge on any atom is -0.503 e. The van der Waals surface area contributed by atoms with Gasteiger partial charge in [-0.05, 0) is 48.4 Å². The predicted molar refractivity (Wildman–Crippen MR) is 125 cm³/mol. The zero-order valence-corrected chi connectivity index (χ0v) is 18.9. The van der Waals surface area contributed by atoms with Gasteiger partial charge in [-0.2, -0.15) is 0 Å². The Hall–Kier alpha value is -3.97. The number of carbonyl (C=O) groups is 2. The standard InChI is InChI=1S/C26H20ClNO6/c1-32-19-5-2-4-16-14-20(34-25(16)19)23(29)21-22(18-6-3-13-33-18)28(26(31)24(21)30)12-11-15-7-9-17(27)10-8-15/h2-10,13-14,22,30H,11-12H2,1H3. The lowest BCUT2D eigenvalue weighted by Gasteiger charge is -2.24. The summed E-state index contributed by atoms with van der Waals surface area (Å²) in [6, 6.07) is 16.6. The van der Waals surface area contributed by atoms with Gasteiger partial charge >= 0.3 is 0 Å². The van der Waals surface area contributed by atoms with Gasteiger partial charge in [-0.15, -0.1) is 0 Å². The van der Waals surface area contributed by atoms with Crippen LogP contribution >= 0.6 is 11.6 Å². The zero-order chi connectivity index (χ0) is 23.8. The summed E-state index contributed by atoms with van der Waals surface area (Å²) in [4.78, 5) is 28.0. The lowest BCUT2D eigenvalue weighted by Crippen LogP contribution is -2.32. The van der Waals surface area contributed by atoms with E-state index in [1.165, 1.54) is 18.3 Å². The second kappa shape index (κ2) is 8.76. The molecule has 5 rings (SSSR count). The van der Waals surface area contributed by atoms with Gasteiger partial charge in [0, 0.05) is 17.0 Å². The monoisotopic (exact) mass is 477 g/mol. The average molecular weight is 478 g/mol. The van der Waals surface area contributed by atoms with E-state index in [1.807, 2.05) is 12.1 Å². The summed E-state index contributed by atoms with van der Waals surface area (Å²) in [6.07, 6.45) is 1.96. The molecule has 0 radical (unpaired) electrons. The van der Waals surface area contributed by atoms with Crippen molar-refractivity contribution in [3.8, 4) is 5.75 Å². The number of Topliss-reactive ketones (excluding diaryl/α,β-unsaturated/α-hetero) is 1. The van der Waals surface area contributed by atoms with Gasteiger partial charge in [-0.1, -0.05) is 35.9 Å². The van der Waals surface area contributed by atoms with Crippen LogP contribution in [0.15, 0.2) is 87.1 Å². The number of fused-ring (bicyclic) bond motifs is 1. The fraction of sp³-hybridized carbons (Fsp3) is 0.154. The Balaban J connectivity index is 1.50. The molecule has 0 bridgehead atoms. The highest BCUT2D eigenvalue weighted by Crippen LogP contribution is 2.40. The lowest BCUT2D eigenvalue weighted by molar-refractivity contribution is -0.129. The van der Waals surface area contributed by atoms with Gasteiger partial charge in [0.25, 0.3) is 5.91 Å². The molecule has 1 aliphatic heterocycles. The first kappa shape index (κ1) is 21.9. The fourth-order valence-corrected chi connectivity index (χ4v) is 4.33. The molecule has 2 aromatic heterocycles. The number of benzene rings is 2. The Labute approximate surface area is 199 Å². The molecular weight excluding hydrogens is 458 g/mol. The normalized spacial score (nSPS) is 16.0. The van der Waals surface area contributed by atoms with Crippen LogP contribution in [-0.4, -0.2) is 35.4 Å². The molecule has 8 heteroatoms. The number of ketones is 1. The van der Waals surface area contributed by atoms with E-state index in [-0.39, 0.29) is 17.9 Å². The molecule has 0 spiro atoms. The number of rotatable bonds is 7. The number of furan rings is 2. The van der Waals surface area contributed by atoms with Gasteiger partial charge < -0.3 is 23.6 Å². The van der Waals surface area contributed by atoms with Crippen LogP contribution in [-0.2, 0) is 11.2 Å². The van der Waals surface area contributed by atoms with Crippen LogP contribution in [0.2, 0.25) is 5.02 Å². The third-order valence-corrected chi connectivity index (χ3v) is 6.12. The van der Waals surface area contributed by atoms with E-state index in [0.717, 1.165) is 5.56 Å². The van der Waals surface area contributed by atoms with Crippen LogP contribution in [0.4, 0.5) is 0 Å². The number of hydrogen-bond acceptors (Lipinski definition) is 6. The molecule has 34 heavy (non-hydrogen) atoms. The highest BCUT2D eigenvalue weighted by atomic mass is 35.5. The maximum absolute atomic E-state index is 13.5. The average Bonchev–Trinajstić information content (AvgIpc) is 3.57. The summed E-state index contributed by atoms with van der Waals surface area (Å²) >= 11 is 5.96. The Morgan fingerprint density at radius 2 is 1.94 bits per heavy atom. The van der Waals surface area contributed by atoms with Crippen molar-refractivity contribution < 1.29 is 28.3 Å². The molecule has 172 valence electrons. The van der Waals surface area contributed by atoms with E-state index in [9.17, 15) is 14.7 Å². The zero-order valence-electron chi connectivity index (χ0n) is 18.2. The number of carbonyl (C=O) groups excluding carboxylic acids is 2. The minimum atomic E-state index is -0.891. The van der Waals surface area contributed by atoms with Crippen molar-refractivity contribution in [2.45, 2.75) is 12.5 Å². The molecule has 0 fully saturated rings. The molecule has 7 nitrogen and oxygen atoms in total. The second-order valence-electron chi connectivity index (χ2n) is 7.87. The molecule has 0 aliphatic carbocycles. The number of aliphatic hydroxyl groups is 1. The smallest absolute Gasteiger partial charge is 0.290 e. The maximum atomic E-state index is 13.5. The first-order valence-electron chi connectivity index (χ1n) is 10.6. The third-order valence-electron chi connectivity index (χ3n) is 5.87. The van der Waals surface area contributed by atoms with Crippen LogP contribution in [0.3, 0.4) is 0 Å². The molecule has 1 amide bonds. The van der Waals surface area contributed by atoms with Gasteiger partial charge in [0.1, 0.15) is 11.8 Å². The van der Waals surface area contributed by atoms with E-state index in [0.29, 0.717) is 33.9 Å². The molecule has 1 N–H and O–H groups in total. The van der Waals surface area contributed by atoms with E-state index in [2.05, 4.69) is 0 Å². The molecule has 3 heterocycles. The summed E-state index contributed by atoms with van der Waals surface area (Å²) in [5, 5.41) is 12.1. The largest absolute Gasteiger partial charge is 0.503 e. The van der Waals surface area contributed by atoms with E-state index >= 15 is 0 Å². The number of aliphatic hydroxyl groups excluding tert-OH is 1. The molecule has 0 saturated carbocycles. The first-order valence-corrected chi connectivity index (χ1v) is 11.0. The number of methoxy groups -OCH3 is 1. The predicted octanol–water partition coefficient (Wildman–Crippen LogP) is 5.51. The Kier molecular flexibility index (Phi) is 5.63. The van der Waals surface area contributed by atoms with Crippen LogP contribution in [0.1, 0.15) is 27.9 Å².